The lowest BCUT2D eigenvalue weighted by molar-refractivity contribution is 0.0915. The van der Waals surface area contributed by atoms with Crippen LogP contribution in [0.2, 0.25) is 0 Å². The first kappa shape index (κ1) is 22.2. The minimum atomic E-state index is -0.778. The second-order valence-electron chi connectivity index (χ2n) is 6.96. The Morgan fingerprint density at radius 3 is 2.35 bits per heavy atom. The van der Waals surface area contributed by atoms with E-state index in [0.29, 0.717) is 18.2 Å². The Labute approximate surface area is 178 Å². The van der Waals surface area contributed by atoms with Crippen LogP contribution in [0.25, 0.3) is 0 Å². The highest BCUT2D eigenvalue weighted by molar-refractivity contribution is 6.04. The Morgan fingerprint density at radius 2 is 1.71 bits per heavy atom. The van der Waals surface area contributed by atoms with Crippen molar-refractivity contribution in [2.24, 2.45) is 0 Å². The molecule has 1 amide bonds. The SMILES string of the molecule is COCC(C)Oc1cc(Oc2cc(F)cc(F)c2)cc(C(=O)Nc2ccc(C)cn2)c1. The lowest BCUT2D eigenvalue weighted by atomic mass is 10.1. The third kappa shape index (κ3) is 6.48. The maximum atomic E-state index is 13.5. The molecule has 0 fully saturated rings. The summed E-state index contributed by atoms with van der Waals surface area (Å²) in [6.07, 6.45) is 1.33. The van der Waals surface area contributed by atoms with Gasteiger partial charge in [-0.25, -0.2) is 13.8 Å². The molecule has 0 saturated heterocycles. The number of rotatable bonds is 8. The molecule has 1 aromatic heterocycles. The smallest absolute Gasteiger partial charge is 0.257 e. The Balaban J connectivity index is 1.89. The zero-order chi connectivity index (χ0) is 22.4. The fourth-order valence-electron chi connectivity index (χ4n) is 2.78. The van der Waals surface area contributed by atoms with Gasteiger partial charge in [0.2, 0.25) is 0 Å². The number of nitrogens with one attached hydrogen (secondary N) is 1. The van der Waals surface area contributed by atoms with Gasteiger partial charge < -0.3 is 19.5 Å². The fraction of sp³-hybridized carbons (Fsp3) is 0.217. The van der Waals surface area contributed by atoms with Gasteiger partial charge in [-0.05, 0) is 37.6 Å². The molecule has 0 bridgehead atoms. The average molecular weight is 428 g/mol. The quantitative estimate of drug-likeness (QED) is 0.539. The zero-order valence-electron chi connectivity index (χ0n) is 17.3. The largest absolute Gasteiger partial charge is 0.488 e. The van der Waals surface area contributed by atoms with Crippen LogP contribution >= 0.6 is 0 Å². The highest BCUT2D eigenvalue weighted by Crippen LogP contribution is 2.29. The van der Waals surface area contributed by atoms with Crippen LogP contribution in [-0.2, 0) is 4.74 Å². The molecular formula is C23H22F2N2O4. The van der Waals surface area contributed by atoms with Crippen LogP contribution in [0.15, 0.2) is 54.7 Å². The van der Waals surface area contributed by atoms with E-state index in [-0.39, 0.29) is 23.2 Å². The first-order valence-corrected chi connectivity index (χ1v) is 9.51. The van der Waals surface area contributed by atoms with Crippen LogP contribution in [0.3, 0.4) is 0 Å². The van der Waals surface area contributed by atoms with Crippen molar-refractivity contribution in [1.82, 2.24) is 4.98 Å². The van der Waals surface area contributed by atoms with E-state index in [0.717, 1.165) is 23.8 Å². The van der Waals surface area contributed by atoms with Crippen LogP contribution < -0.4 is 14.8 Å². The minimum Gasteiger partial charge on any atom is -0.488 e. The van der Waals surface area contributed by atoms with Gasteiger partial charge in [-0.2, -0.15) is 0 Å². The highest BCUT2D eigenvalue weighted by atomic mass is 19.1. The van der Waals surface area contributed by atoms with Gasteiger partial charge in [-0.15, -0.1) is 0 Å². The number of nitrogens with zero attached hydrogens (tertiary/aromatic N) is 1. The van der Waals surface area contributed by atoms with Gasteiger partial charge in [0.15, 0.2) is 0 Å². The molecule has 0 aliphatic rings. The van der Waals surface area contributed by atoms with E-state index < -0.39 is 17.5 Å². The van der Waals surface area contributed by atoms with Crippen molar-refractivity contribution in [2.75, 3.05) is 19.0 Å². The van der Waals surface area contributed by atoms with Crippen LogP contribution in [0.4, 0.5) is 14.6 Å². The van der Waals surface area contributed by atoms with Crippen molar-refractivity contribution in [2.45, 2.75) is 20.0 Å². The molecule has 0 radical (unpaired) electrons. The van der Waals surface area contributed by atoms with Crippen molar-refractivity contribution >= 4 is 11.7 Å². The number of pyridine rings is 1. The molecule has 0 saturated carbocycles. The van der Waals surface area contributed by atoms with Crippen molar-refractivity contribution < 1.29 is 27.8 Å². The predicted octanol–water partition coefficient (Wildman–Crippen LogP) is 5.13. The molecule has 1 atom stereocenters. The average Bonchev–Trinajstić information content (AvgIpc) is 2.69. The van der Waals surface area contributed by atoms with Crippen molar-refractivity contribution in [3.05, 3.63) is 77.5 Å². The topological polar surface area (TPSA) is 69.7 Å². The Bertz CT molecular complexity index is 1040. The lowest BCUT2D eigenvalue weighted by Gasteiger charge is -2.16. The molecule has 0 aliphatic carbocycles. The Hall–Kier alpha value is -3.52. The summed E-state index contributed by atoms with van der Waals surface area (Å²) in [7, 11) is 1.55. The van der Waals surface area contributed by atoms with E-state index in [4.69, 9.17) is 14.2 Å². The number of halogens is 2. The van der Waals surface area contributed by atoms with E-state index in [2.05, 4.69) is 10.3 Å². The Kier molecular flexibility index (Phi) is 7.15. The molecular weight excluding hydrogens is 406 g/mol. The van der Waals surface area contributed by atoms with E-state index >= 15 is 0 Å². The first-order chi connectivity index (χ1) is 14.8. The van der Waals surface area contributed by atoms with Crippen LogP contribution in [-0.4, -0.2) is 30.7 Å². The van der Waals surface area contributed by atoms with E-state index in [1.807, 2.05) is 13.0 Å². The monoisotopic (exact) mass is 428 g/mol. The second-order valence-corrected chi connectivity index (χ2v) is 6.96. The third-order valence-corrected chi connectivity index (χ3v) is 4.11. The second kappa shape index (κ2) is 9.99. The number of amides is 1. The predicted molar refractivity (Wildman–Crippen MR) is 112 cm³/mol. The summed E-state index contributed by atoms with van der Waals surface area (Å²) in [4.78, 5) is 16.9. The molecule has 6 nitrogen and oxygen atoms in total. The summed E-state index contributed by atoms with van der Waals surface area (Å²) in [6.45, 7) is 4.02. The Morgan fingerprint density at radius 1 is 1.03 bits per heavy atom. The number of benzene rings is 2. The summed E-state index contributed by atoms with van der Waals surface area (Å²) in [5.41, 5.74) is 1.18. The standard InChI is InChI=1S/C23H22F2N2O4/c1-14-4-5-22(26-12-14)27-23(28)16-6-19(30-15(2)13-29-3)11-20(7-16)31-21-9-17(24)8-18(25)10-21/h4-12,15H,13H2,1-3H3,(H,26,27,28). The van der Waals surface area contributed by atoms with Gasteiger partial charge in [0.25, 0.3) is 5.91 Å². The molecule has 3 aromatic rings. The number of ether oxygens (including phenoxy) is 3. The minimum absolute atomic E-state index is 0.0499. The molecule has 2 aromatic carbocycles. The molecule has 31 heavy (non-hydrogen) atoms. The van der Waals surface area contributed by atoms with Gasteiger partial charge in [0, 0.05) is 43.1 Å². The molecule has 1 heterocycles. The first-order valence-electron chi connectivity index (χ1n) is 9.51. The van der Waals surface area contributed by atoms with Gasteiger partial charge >= 0.3 is 0 Å². The van der Waals surface area contributed by atoms with Gasteiger partial charge in [0.1, 0.15) is 40.8 Å². The summed E-state index contributed by atoms with van der Waals surface area (Å²) in [6, 6.07) is 10.8. The molecule has 0 spiro atoms. The molecule has 3 rings (SSSR count). The highest BCUT2D eigenvalue weighted by Gasteiger charge is 2.14. The zero-order valence-corrected chi connectivity index (χ0v) is 17.3. The van der Waals surface area contributed by atoms with E-state index in [1.54, 1.807) is 26.3 Å². The van der Waals surface area contributed by atoms with Gasteiger partial charge in [0.05, 0.1) is 6.61 Å². The normalized spacial score (nSPS) is 11.6. The number of aromatic nitrogens is 1. The van der Waals surface area contributed by atoms with E-state index in [9.17, 15) is 13.6 Å². The van der Waals surface area contributed by atoms with Crippen molar-refractivity contribution in [3.63, 3.8) is 0 Å². The van der Waals surface area contributed by atoms with Crippen LogP contribution in [0.5, 0.6) is 17.2 Å². The van der Waals surface area contributed by atoms with Crippen molar-refractivity contribution in [1.29, 1.82) is 0 Å². The number of aryl methyl sites for hydroxylation is 1. The maximum absolute atomic E-state index is 13.5. The molecule has 1 unspecified atom stereocenters. The fourth-order valence-corrected chi connectivity index (χ4v) is 2.78. The van der Waals surface area contributed by atoms with Crippen molar-refractivity contribution in [3.8, 4) is 17.2 Å². The number of carbonyl (C=O) groups excluding carboxylic acids is 1. The summed E-state index contributed by atoms with van der Waals surface area (Å²) in [5.74, 6) is -1.17. The molecule has 0 aliphatic heterocycles. The number of hydrogen-bond acceptors (Lipinski definition) is 5. The maximum Gasteiger partial charge on any atom is 0.257 e. The van der Waals surface area contributed by atoms with Gasteiger partial charge in [-0.1, -0.05) is 6.07 Å². The van der Waals surface area contributed by atoms with E-state index in [1.165, 1.54) is 18.2 Å². The molecule has 1 N–H and O–H groups in total. The molecule has 8 heteroatoms. The number of carbonyl (C=O) groups is 1. The lowest BCUT2D eigenvalue weighted by Crippen LogP contribution is -2.18. The molecule has 162 valence electrons. The summed E-state index contributed by atoms with van der Waals surface area (Å²) in [5, 5.41) is 2.69. The van der Waals surface area contributed by atoms with Gasteiger partial charge in [-0.3, -0.25) is 4.79 Å². The third-order valence-electron chi connectivity index (χ3n) is 4.11. The number of methoxy groups -OCH3 is 1. The number of hydrogen-bond donors (Lipinski definition) is 1. The van der Waals surface area contributed by atoms with Crippen LogP contribution in [0, 0.1) is 18.6 Å². The summed E-state index contributed by atoms with van der Waals surface area (Å²) < 4.78 is 43.5. The number of anilines is 1. The van der Waals surface area contributed by atoms with Crippen LogP contribution in [0.1, 0.15) is 22.8 Å². The summed E-state index contributed by atoms with van der Waals surface area (Å²) >= 11 is 0.